The van der Waals surface area contributed by atoms with Crippen molar-refractivity contribution in [2.45, 2.75) is 104 Å². The number of unbranched alkanes of at least 4 members (excludes halogenated alkanes) is 7. The molecule has 0 aliphatic heterocycles. The van der Waals surface area contributed by atoms with E-state index in [4.69, 9.17) is 0 Å². The van der Waals surface area contributed by atoms with Gasteiger partial charge in [0.15, 0.2) is 11.6 Å². The van der Waals surface area contributed by atoms with Crippen LogP contribution in [0, 0.1) is 0 Å². The fraction of sp³-hybridized carbons (Fsp3) is 0.762. The Morgan fingerprint density at radius 2 is 1.16 bits per heavy atom. The van der Waals surface area contributed by atoms with Gasteiger partial charge < -0.3 is 5.32 Å². The fourth-order valence-corrected chi connectivity index (χ4v) is 2.59. The number of hydrogen-bond acceptors (Lipinski definition) is 3. The summed E-state index contributed by atoms with van der Waals surface area (Å²) in [5.74, 6) is 0.219. The van der Waals surface area contributed by atoms with Gasteiger partial charge in [-0.3, -0.25) is 14.4 Å². The summed E-state index contributed by atoms with van der Waals surface area (Å²) in [4.78, 5) is 34.8. The molecule has 0 saturated carbocycles. The summed E-state index contributed by atoms with van der Waals surface area (Å²) in [6.45, 7) is 6.07. The maximum atomic E-state index is 11.7. The smallest absolute Gasteiger partial charge is 0.220 e. The average molecular weight is 352 g/mol. The third kappa shape index (κ3) is 17.2. The van der Waals surface area contributed by atoms with Gasteiger partial charge in [0.05, 0.1) is 0 Å². The molecule has 0 aliphatic carbocycles. The highest BCUT2D eigenvalue weighted by atomic mass is 16.1. The predicted molar refractivity (Wildman–Crippen MR) is 104 cm³/mol. The SMILES string of the molecule is CCCCCCC(=O)/C=C/C(=O)CCCCCCCC(=O)NC(C)C. The minimum Gasteiger partial charge on any atom is -0.354 e. The minimum absolute atomic E-state index is 0.0400. The molecule has 0 heterocycles. The molecule has 0 aromatic heterocycles. The second kappa shape index (κ2) is 16.0. The van der Waals surface area contributed by atoms with E-state index in [2.05, 4.69) is 12.2 Å². The first-order chi connectivity index (χ1) is 12.0. The number of hydrogen-bond donors (Lipinski definition) is 1. The van der Waals surface area contributed by atoms with Crippen LogP contribution in [0.1, 0.15) is 97.8 Å². The molecule has 1 amide bonds. The van der Waals surface area contributed by atoms with Gasteiger partial charge in [0.25, 0.3) is 0 Å². The summed E-state index contributed by atoms with van der Waals surface area (Å²) in [5, 5.41) is 2.88. The van der Waals surface area contributed by atoms with E-state index in [1.807, 2.05) is 13.8 Å². The van der Waals surface area contributed by atoms with Crippen molar-refractivity contribution < 1.29 is 14.4 Å². The molecule has 0 radical (unpaired) electrons. The van der Waals surface area contributed by atoms with Gasteiger partial charge in [0.2, 0.25) is 5.91 Å². The van der Waals surface area contributed by atoms with Crippen molar-refractivity contribution >= 4 is 17.5 Å². The lowest BCUT2D eigenvalue weighted by Gasteiger charge is -2.07. The molecule has 0 bridgehead atoms. The molecule has 144 valence electrons. The maximum absolute atomic E-state index is 11.7. The van der Waals surface area contributed by atoms with Gasteiger partial charge in [0, 0.05) is 25.3 Å². The third-order valence-corrected chi connectivity index (χ3v) is 4.01. The summed E-state index contributed by atoms with van der Waals surface area (Å²) in [5.41, 5.74) is 0. The maximum Gasteiger partial charge on any atom is 0.220 e. The number of carbonyl (C=O) groups excluding carboxylic acids is 3. The van der Waals surface area contributed by atoms with E-state index in [9.17, 15) is 14.4 Å². The highest BCUT2D eigenvalue weighted by Crippen LogP contribution is 2.08. The summed E-state index contributed by atoms with van der Waals surface area (Å²) in [6, 6.07) is 0.204. The zero-order valence-electron chi connectivity index (χ0n) is 16.4. The summed E-state index contributed by atoms with van der Waals surface area (Å²) >= 11 is 0. The third-order valence-electron chi connectivity index (χ3n) is 4.01. The normalized spacial score (nSPS) is 11.2. The van der Waals surface area contributed by atoms with Crippen molar-refractivity contribution in [3.63, 3.8) is 0 Å². The minimum atomic E-state index is 0.0400. The molecule has 0 unspecified atom stereocenters. The Balaban J connectivity index is 3.55. The molecule has 1 N–H and O–H groups in total. The van der Waals surface area contributed by atoms with E-state index in [0.29, 0.717) is 19.3 Å². The first kappa shape index (κ1) is 23.5. The fourth-order valence-electron chi connectivity index (χ4n) is 2.59. The van der Waals surface area contributed by atoms with Gasteiger partial charge in [-0.15, -0.1) is 0 Å². The first-order valence-corrected chi connectivity index (χ1v) is 9.98. The molecule has 0 rings (SSSR count). The van der Waals surface area contributed by atoms with Crippen molar-refractivity contribution in [1.82, 2.24) is 5.32 Å². The molecule has 4 nitrogen and oxygen atoms in total. The van der Waals surface area contributed by atoms with Gasteiger partial charge in [-0.2, -0.15) is 0 Å². The number of carbonyl (C=O) groups is 3. The van der Waals surface area contributed by atoms with Crippen LogP contribution in [0.2, 0.25) is 0 Å². The van der Waals surface area contributed by atoms with E-state index < -0.39 is 0 Å². The van der Waals surface area contributed by atoms with Crippen LogP contribution in [0.4, 0.5) is 0 Å². The van der Waals surface area contributed by atoms with Gasteiger partial charge in [0.1, 0.15) is 0 Å². The molecule has 0 atom stereocenters. The lowest BCUT2D eigenvalue weighted by atomic mass is 10.1. The van der Waals surface area contributed by atoms with E-state index >= 15 is 0 Å². The lowest BCUT2D eigenvalue weighted by molar-refractivity contribution is -0.121. The van der Waals surface area contributed by atoms with Gasteiger partial charge in [-0.1, -0.05) is 45.4 Å². The van der Waals surface area contributed by atoms with E-state index in [1.54, 1.807) is 0 Å². The predicted octanol–water partition coefficient (Wildman–Crippen LogP) is 4.91. The van der Waals surface area contributed by atoms with E-state index in [1.165, 1.54) is 18.6 Å². The number of amides is 1. The Bertz CT molecular complexity index is 413. The molecule has 0 fully saturated rings. The Morgan fingerprint density at radius 1 is 0.720 bits per heavy atom. The second-order valence-electron chi connectivity index (χ2n) is 7.07. The zero-order valence-corrected chi connectivity index (χ0v) is 16.4. The van der Waals surface area contributed by atoms with Crippen molar-refractivity contribution in [1.29, 1.82) is 0 Å². The number of rotatable bonds is 16. The standard InChI is InChI=1S/C21H37NO3/c1-4-5-6-10-13-19(23)16-17-20(24)14-11-8-7-9-12-15-21(25)22-18(2)3/h16-18H,4-15H2,1-3H3,(H,22,25)/b17-16+. The second-order valence-corrected chi connectivity index (χ2v) is 7.07. The molecule has 0 aliphatic rings. The van der Waals surface area contributed by atoms with Crippen LogP contribution in [0.15, 0.2) is 12.2 Å². The quantitative estimate of drug-likeness (QED) is 0.317. The van der Waals surface area contributed by atoms with Crippen LogP contribution >= 0.6 is 0 Å². The Morgan fingerprint density at radius 3 is 1.64 bits per heavy atom. The van der Waals surface area contributed by atoms with E-state index in [0.717, 1.165) is 51.4 Å². The van der Waals surface area contributed by atoms with Crippen molar-refractivity contribution in [2.75, 3.05) is 0 Å². The summed E-state index contributed by atoms with van der Waals surface area (Å²) < 4.78 is 0. The molecular weight excluding hydrogens is 314 g/mol. The molecule has 0 aromatic carbocycles. The molecule has 0 spiro atoms. The Labute approximate surface area is 153 Å². The topological polar surface area (TPSA) is 63.2 Å². The van der Waals surface area contributed by atoms with Crippen LogP contribution < -0.4 is 5.32 Å². The van der Waals surface area contributed by atoms with Crippen molar-refractivity contribution in [3.05, 3.63) is 12.2 Å². The number of nitrogens with one attached hydrogen (secondary N) is 1. The van der Waals surface area contributed by atoms with E-state index in [-0.39, 0.29) is 23.5 Å². The monoisotopic (exact) mass is 351 g/mol. The molecule has 25 heavy (non-hydrogen) atoms. The molecule has 0 saturated heterocycles. The zero-order chi connectivity index (χ0) is 18.9. The number of allylic oxidation sites excluding steroid dienone is 2. The van der Waals surface area contributed by atoms with Gasteiger partial charge >= 0.3 is 0 Å². The highest BCUT2D eigenvalue weighted by Gasteiger charge is 2.03. The summed E-state index contributed by atoms with van der Waals surface area (Å²) in [6.07, 6.45) is 13.7. The summed E-state index contributed by atoms with van der Waals surface area (Å²) in [7, 11) is 0. The lowest BCUT2D eigenvalue weighted by Crippen LogP contribution is -2.29. The Kier molecular flexibility index (Phi) is 15.1. The molecule has 0 aromatic rings. The van der Waals surface area contributed by atoms with Crippen LogP contribution in [0.3, 0.4) is 0 Å². The van der Waals surface area contributed by atoms with Crippen LogP contribution in [0.5, 0.6) is 0 Å². The average Bonchev–Trinajstić information content (AvgIpc) is 2.55. The van der Waals surface area contributed by atoms with Crippen LogP contribution in [-0.2, 0) is 14.4 Å². The van der Waals surface area contributed by atoms with Crippen molar-refractivity contribution in [3.8, 4) is 0 Å². The molecular formula is C21H37NO3. The van der Waals surface area contributed by atoms with Crippen LogP contribution in [-0.4, -0.2) is 23.5 Å². The highest BCUT2D eigenvalue weighted by molar-refractivity contribution is 5.98. The van der Waals surface area contributed by atoms with Gasteiger partial charge in [-0.05, 0) is 45.3 Å². The van der Waals surface area contributed by atoms with Crippen molar-refractivity contribution in [2.24, 2.45) is 0 Å². The first-order valence-electron chi connectivity index (χ1n) is 9.98. The Hall–Kier alpha value is -1.45. The molecule has 4 heteroatoms. The number of ketones is 2. The van der Waals surface area contributed by atoms with Crippen LogP contribution in [0.25, 0.3) is 0 Å². The largest absolute Gasteiger partial charge is 0.354 e. The van der Waals surface area contributed by atoms with Gasteiger partial charge in [-0.25, -0.2) is 0 Å².